The highest BCUT2D eigenvalue weighted by Crippen LogP contribution is 2.23. The standard InChI is InChI=1S/C17H32O4/c1-14(2)15(13-17(19)21-4)11-9-7-5-6-8-10-12-16(18)20-3/h14-15H,5-13H2,1-4H3. The Morgan fingerprint density at radius 2 is 1.33 bits per heavy atom. The third-order valence-corrected chi connectivity index (χ3v) is 4.03. The van der Waals surface area contributed by atoms with Gasteiger partial charge in [-0.1, -0.05) is 46.0 Å². The van der Waals surface area contributed by atoms with Crippen LogP contribution in [0.1, 0.15) is 71.6 Å². The van der Waals surface area contributed by atoms with Gasteiger partial charge >= 0.3 is 11.9 Å². The molecule has 0 N–H and O–H groups in total. The minimum Gasteiger partial charge on any atom is -0.469 e. The van der Waals surface area contributed by atoms with Crippen LogP contribution in [0, 0.1) is 11.8 Å². The van der Waals surface area contributed by atoms with Gasteiger partial charge in [0.1, 0.15) is 0 Å². The van der Waals surface area contributed by atoms with Crippen molar-refractivity contribution in [1.29, 1.82) is 0 Å². The maximum atomic E-state index is 11.4. The molecule has 0 saturated heterocycles. The first-order valence-corrected chi connectivity index (χ1v) is 8.14. The second-order valence-electron chi connectivity index (χ2n) is 6.02. The average Bonchev–Trinajstić information content (AvgIpc) is 2.47. The highest BCUT2D eigenvalue weighted by molar-refractivity contribution is 5.69. The number of esters is 2. The van der Waals surface area contributed by atoms with Crippen molar-refractivity contribution in [3.05, 3.63) is 0 Å². The molecule has 0 aliphatic rings. The van der Waals surface area contributed by atoms with Crippen LogP contribution >= 0.6 is 0 Å². The monoisotopic (exact) mass is 300 g/mol. The maximum Gasteiger partial charge on any atom is 0.305 e. The molecule has 4 heteroatoms. The van der Waals surface area contributed by atoms with E-state index in [2.05, 4.69) is 18.6 Å². The first kappa shape index (κ1) is 19.9. The third-order valence-electron chi connectivity index (χ3n) is 4.03. The van der Waals surface area contributed by atoms with E-state index in [9.17, 15) is 9.59 Å². The van der Waals surface area contributed by atoms with Gasteiger partial charge in [-0.15, -0.1) is 0 Å². The zero-order valence-electron chi connectivity index (χ0n) is 14.2. The lowest BCUT2D eigenvalue weighted by Gasteiger charge is -2.19. The van der Waals surface area contributed by atoms with Crippen LogP contribution in [0.2, 0.25) is 0 Å². The molecule has 0 fully saturated rings. The number of unbranched alkanes of at least 4 members (excludes halogenated alkanes) is 5. The van der Waals surface area contributed by atoms with Gasteiger partial charge in [0.15, 0.2) is 0 Å². The number of carbonyl (C=O) groups is 2. The molecule has 0 radical (unpaired) electrons. The van der Waals surface area contributed by atoms with Crippen LogP contribution in [-0.2, 0) is 19.1 Å². The minimum absolute atomic E-state index is 0.100. The Balaban J connectivity index is 3.58. The van der Waals surface area contributed by atoms with Gasteiger partial charge in [0.2, 0.25) is 0 Å². The van der Waals surface area contributed by atoms with E-state index in [-0.39, 0.29) is 11.9 Å². The fourth-order valence-corrected chi connectivity index (χ4v) is 2.45. The van der Waals surface area contributed by atoms with E-state index in [0.29, 0.717) is 24.7 Å². The van der Waals surface area contributed by atoms with Gasteiger partial charge in [0, 0.05) is 12.8 Å². The Bertz CT molecular complexity index is 287. The predicted molar refractivity (Wildman–Crippen MR) is 83.9 cm³/mol. The number of hydrogen-bond acceptors (Lipinski definition) is 4. The molecular formula is C17H32O4. The number of methoxy groups -OCH3 is 2. The number of hydrogen-bond donors (Lipinski definition) is 0. The number of carbonyl (C=O) groups excluding carboxylic acids is 2. The summed E-state index contributed by atoms with van der Waals surface area (Å²) in [5.74, 6) is 0.732. The molecule has 0 aliphatic carbocycles. The summed E-state index contributed by atoms with van der Waals surface area (Å²) in [5, 5.41) is 0. The highest BCUT2D eigenvalue weighted by Gasteiger charge is 2.17. The lowest BCUT2D eigenvalue weighted by molar-refractivity contribution is -0.142. The lowest BCUT2D eigenvalue weighted by atomic mass is 9.87. The Hall–Kier alpha value is -1.06. The molecule has 4 nitrogen and oxygen atoms in total. The predicted octanol–water partition coefficient (Wildman–Crippen LogP) is 4.12. The van der Waals surface area contributed by atoms with Crippen LogP contribution in [0.15, 0.2) is 0 Å². The van der Waals surface area contributed by atoms with Crippen LogP contribution in [-0.4, -0.2) is 26.2 Å². The van der Waals surface area contributed by atoms with E-state index in [1.54, 1.807) is 0 Å². The summed E-state index contributed by atoms with van der Waals surface area (Å²) >= 11 is 0. The van der Waals surface area contributed by atoms with Crippen molar-refractivity contribution in [2.75, 3.05) is 14.2 Å². The van der Waals surface area contributed by atoms with E-state index < -0.39 is 0 Å². The van der Waals surface area contributed by atoms with Crippen LogP contribution < -0.4 is 0 Å². The van der Waals surface area contributed by atoms with Crippen molar-refractivity contribution in [1.82, 2.24) is 0 Å². The van der Waals surface area contributed by atoms with Crippen molar-refractivity contribution in [2.24, 2.45) is 11.8 Å². The molecule has 0 aliphatic heterocycles. The smallest absolute Gasteiger partial charge is 0.305 e. The minimum atomic E-state index is -0.113. The molecule has 0 aromatic rings. The molecule has 0 aromatic heterocycles. The summed E-state index contributed by atoms with van der Waals surface area (Å²) in [4.78, 5) is 22.3. The van der Waals surface area contributed by atoms with Gasteiger partial charge in [-0.3, -0.25) is 9.59 Å². The summed E-state index contributed by atoms with van der Waals surface area (Å²) in [6, 6.07) is 0. The molecule has 0 aromatic carbocycles. The quantitative estimate of drug-likeness (QED) is 0.402. The zero-order valence-corrected chi connectivity index (χ0v) is 14.2. The van der Waals surface area contributed by atoms with Gasteiger partial charge < -0.3 is 9.47 Å². The normalized spacial score (nSPS) is 12.2. The van der Waals surface area contributed by atoms with Crippen molar-refractivity contribution >= 4 is 11.9 Å². The fraction of sp³-hybridized carbons (Fsp3) is 0.882. The van der Waals surface area contributed by atoms with E-state index in [0.717, 1.165) is 25.7 Å². The van der Waals surface area contributed by atoms with Gasteiger partial charge in [0.05, 0.1) is 14.2 Å². The van der Waals surface area contributed by atoms with Crippen LogP contribution in [0.5, 0.6) is 0 Å². The Labute approximate surface area is 129 Å². The summed E-state index contributed by atoms with van der Waals surface area (Å²) < 4.78 is 9.36. The second kappa shape index (κ2) is 12.7. The molecule has 0 saturated carbocycles. The van der Waals surface area contributed by atoms with E-state index in [1.807, 2.05) is 0 Å². The van der Waals surface area contributed by atoms with Gasteiger partial charge in [0.25, 0.3) is 0 Å². The summed E-state index contributed by atoms with van der Waals surface area (Å²) in [6.45, 7) is 4.33. The largest absolute Gasteiger partial charge is 0.469 e. The molecule has 0 spiro atoms. The number of rotatable bonds is 12. The van der Waals surface area contributed by atoms with Gasteiger partial charge in [-0.25, -0.2) is 0 Å². The topological polar surface area (TPSA) is 52.6 Å². The van der Waals surface area contributed by atoms with Crippen LogP contribution in [0.4, 0.5) is 0 Å². The summed E-state index contributed by atoms with van der Waals surface area (Å²) in [6.07, 6.45) is 8.89. The molecule has 21 heavy (non-hydrogen) atoms. The molecule has 0 amide bonds. The zero-order chi connectivity index (χ0) is 16.1. The molecule has 0 rings (SSSR count). The van der Waals surface area contributed by atoms with Crippen LogP contribution in [0.25, 0.3) is 0 Å². The molecule has 0 bridgehead atoms. The van der Waals surface area contributed by atoms with Crippen molar-refractivity contribution in [3.8, 4) is 0 Å². The average molecular weight is 300 g/mol. The Morgan fingerprint density at radius 1 is 0.810 bits per heavy atom. The third kappa shape index (κ3) is 11.3. The maximum absolute atomic E-state index is 11.4. The second-order valence-corrected chi connectivity index (χ2v) is 6.02. The molecular weight excluding hydrogens is 268 g/mol. The molecule has 1 atom stereocenters. The molecule has 124 valence electrons. The first-order valence-electron chi connectivity index (χ1n) is 8.14. The molecule has 1 unspecified atom stereocenters. The molecule has 0 heterocycles. The summed E-state index contributed by atoms with van der Waals surface area (Å²) in [7, 11) is 2.88. The first-order chi connectivity index (χ1) is 10.0. The number of ether oxygens (including phenoxy) is 2. The van der Waals surface area contributed by atoms with Gasteiger partial charge in [-0.05, 0) is 24.7 Å². The summed E-state index contributed by atoms with van der Waals surface area (Å²) in [5.41, 5.74) is 0. The Kier molecular flexibility index (Phi) is 12.0. The van der Waals surface area contributed by atoms with Crippen LogP contribution in [0.3, 0.4) is 0 Å². The van der Waals surface area contributed by atoms with Crippen molar-refractivity contribution < 1.29 is 19.1 Å². The Morgan fingerprint density at radius 3 is 1.86 bits per heavy atom. The fourth-order valence-electron chi connectivity index (χ4n) is 2.45. The highest BCUT2D eigenvalue weighted by atomic mass is 16.5. The van der Waals surface area contributed by atoms with Gasteiger partial charge in [-0.2, -0.15) is 0 Å². The van der Waals surface area contributed by atoms with E-state index in [1.165, 1.54) is 33.5 Å². The van der Waals surface area contributed by atoms with E-state index >= 15 is 0 Å². The van der Waals surface area contributed by atoms with E-state index in [4.69, 9.17) is 4.74 Å². The van der Waals surface area contributed by atoms with Crippen molar-refractivity contribution in [2.45, 2.75) is 71.6 Å². The SMILES string of the molecule is COC(=O)CCCCCCCCC(CC(=O)OC)C(C)C. The lowest BCUT2D eigenvalue weighted by Crippen LogP contribution is -2.15. The van der Waals surface area contributed by atoms with Crippen molar-refractivity contribution in [3.63, 3.8) is 0 Å².